The van der Waals surface area contributed by atoms with E-state index >= 15 is 0 Å². The molecule has 0 radical (unpaired) electrons. The van der Waals surface area contributed by atoms with Crippen LogP contribution < -0.4 is 5.32 Å². The van der Waals surface area contributed by atoms with E-state index in [9.17, 15) is 14.7 Å². The van der Waals surface area contributed by atoms with Gasteiger partial charge in [-0.3, -0.25) is 9.59 Å². The Kier molecular flexibility index (Phi) is 5.19. The Bertz CT molecular complexity index is 370. The summed E-state index contributed by atoms with van der Waals surface area (Å²) in [6.45, 7) is 9.87. The quantitative estimate of drug-likeness (QED) is 0.817. The van der Waals surface area contributed by atoms with E-state index in [0.29, 0.717) is 19.4 Å². The number of hydrogen-bond acceptors (Lipinski definition) is 3. The zero-order valence-corrected chi connectivity index (χ0v) is 13.3. The van der Waals surface area contributed by atoms with Crippen LogP contribution in [0.2, 0.25) is 0 Å². The van der Waals surface area contributed by atoms with Gasteiger partial charge in [0.2, 0.25) is 11.8 Å². The van der Waals surface area contributed by atoms with Crippen molar-refractivity contribution >= 4 is 11.8 Å². The topological polar surface area (TPSA) is 69.6 Å². The van der Waals surface area contributed by atoms with Crippen molar-refractivity contribution < 1.29 is 14.7 Å². The molecule has 0 aromatic heterocycles. The zero-order valence-electron chi connectivity index (χ0n) is 13.3. The van der Waals surface area contributed by atoms with Gasteiger partial charge in [0, 0.05) is 12.0 Å². The molecule has 1 aliphatic rings. The molecule has 0 aromatic carbocycles. The summed E-state index contributed by atoms with van der Waals surface area (Å²) in [6, 6.07) is -0.404. The van der Waals surface area contributed by atoms with E-state index in [1.807, 2.05) is 34.6 Å². The number of likely N-dealkylation sites (tertiary alicyclic amines) is 1. The van der Waals surface area contributed by atoms with E-state index in [4.69, 9.17) is 0 Å². The van der Waals surface area contributed by atoms with Gasteiger partial charge < -0.3 is 15.3 Å². The molecule has 1 aliphatic heterocycles. The smallest absolute Gasteiger partial charge is 0.243 e. The molecule has 1 fully saturated rings. The maximum atomic E-state index is 12.4. The molecule has 0 spiro atoms. The number of rotatable bonds is 4. The largest absolute Gasteiger partial charge is 0.394 e. The zero-order chi connectivity index (χ0) is 15.6. The van der Waals surface area contributed by atoms with E-state index < -0.39 is 17.0 Å². The van der Waals surface area contributed by atoms with Gasteiger partial charge in [-0.15, -0.1) is 0 Å². The fraction of sp³-hybridized carbons (Fsp3) is 0.867. The lowest BCUT2D eigenvalue weighted by Gasteiger charge is -2.33. The maximum Gasteiger partial charge on any atom is 0.243 e. The summed E-state index contributed by atoms with van der Waals surface area (Å²) < 4.78 is 0. The van der Waals surface area contributed by atoms with Gasteiger partial charge in [0.1, 0.15) is 6.04 Å². The first-order chi connectivity index (χ1) is 9.14. The number of nitrogens with zero attached hydrogens (tertiary/aromatic N) is 1. The van der Waals surface area contributed by atoms with Crippen molar-refractivity contribution in [2.45, 2.75) is 65.5 Å². The number of hydrogen-bond donors (Lipinski definition) is 2. The molecule has 2 unspecified atom stereocenters. The minimum Gasteiger partial charge on any atom is -0.394 e. The van der Waals surface area contributed by atoms with Crippen molar-refractivity contribution in [3.05, 3.63) is 0 Å². The Morgan fingerprint density at radius 1 is 1.30 bits per heavy atom. The van der Waals surface area contributed by atoms with Crippen molar-refractivity contribution in [1.82, 2.24) is 10.2 Å². The minimum atomic E-state index is -0.615. The van der Waals surface area contributed by atoms with Crippen LogP contribution in [0.4, 0.5) is 0 Å². The van der Waals surface area contributed by atoms with Gasteiger partial charge in [0.05, 0.1) is 12.1 Å². The maximum absolute atomic E-state index is 12.4. The molecule has 1 heterocycles. The third kappa shape index (κ3) is 3.72. The number of carbonyl (C=O) groups is 2. The highest BCUT2D eigenvalue weighted by Crippen LogP contribution is 2.26. The van der Waals surface area contributed by atoms with Crippen molar-refractivity contribution in [3.8, 4) is 0 Å². The number of aliphatic hydroxyl groups excluding tert-OH is 1. The third-order valence-corrected chi connectivity index (χ3v) is 4.01. The van der Waals surface area contributed by atoms with Crippen LogP contribution in [0.25, 0.3) is 0 Å². The average Bonchev–Trinajstić information content (AvgIpc) is 2.85. The molecule has 116 valence electrons. The van der Waals surface area contributed by atoms with Gasteiger partial charge in [0.15, 0.2) is 0 Å². The lowest BCUT2D eigenvalue weighted by atomic mass is 9.94. The van der Waals surface area contributed by atoms with Gasteiger partial charge in [0.25, 0.3) is 0 Å². The summed E-state index contributed by atoms with van der Waals surface area (Å²) in [6.07, 6.45) is 2.19. The fourth-order valence-corrected chi connectivity index (χ4v) is 2.33. The highest BCUT2D eigenvalue weighted by atomic mass is 16.3. The number of nitrogens with one attached hydrogen (secondary N) is 1. The van der Waals surface area contributed by atoms with Crippen molar-refractivity contribution in [2.24, 2.45) is 5.41 Å². The average molecular weight is 284 g/mol. The minimum absolute atomic E-state index is 0.0114. The van der Waals surface area contributed by atoms with Gasteiger partial charge in [-0.05, 0) is 26.2 Å². The van der Waals surface area contributed by atoms with Crippen LogP contribution in [-0.4, -0.2) is 46.6 Å². The van der Waals surface area contributed by atoms with E-state index in [-0.39, 0.29) is 18.4 Å². The Balaban J connectivity index is 2.80. The molecule has 1 rings (SSSR count). The normalized spacial score (nSPS) is 22.5. The predicted octanol–water partition coefficient (Wildman–Crippen LogP) is 1.30. The fourth-order valence-electron chi connectivity index (χ4n) is 2.33. The highest BCUT2D eigenvalue weighted by molar-refractivity contribution is 5.90. The second-order valence-corrected chi connectivity index (χ2v) is 6.97. The summed E-state index contributed by atoms with van der Waals surface area (Å²) in [7, 11) is 0. The lowest BCUT2D eigenvalue weighted by Crippen LogP contribution is -2.56. The van der Waals surface area contributed by atoms with Crippen molar-refractivity contribution in [3.63, 3.8) is 0 Å². The molecule has 20 heavy (non-hydrogen) atoms. The SMILES string of the molecule is CCC(C)(CO)NC(=O)C1CCCN1C(=O)C(C)(C)C. The Labute approximate surface area is 121 Å². The Morgan fingerprint density at radius 3 is 2.35 bits per heavy atom. The molecule has 2 amide bonds. The molecule has 0 aliphatic carbocycles. The van der Waals surface area contributed by atoms with Gasteiger partial charge in [-0.2, -0.15) is 0 Å². The summed E-state index contributed by atoms with van der Waals surface area (Å²) in [5.41, 5.74) is -1.09. The Morgan fingerprint density at radius 2 is 1.90 bits per heavy atom. The number of carbonyl (C=O) groups excluding carboxylic acids is 2. The second kappa shape index (κ2) is 6.12. The summed E-state index contributed by atoms with van der Waals surface area (Å²) in [5.74, 6) is -0.143. The van der Waals surface area contributed by atoms with Gasteiger partial charge >= 0.3 is 0 Å². The molecule has 2 N–H and O–H groups in total. The molecule has 0 aromatic rings. The highest BCUT2D eigenvalue weighted by Gasteiger charge is 2.39. The van der Waals surface area contributed by atoms with Crippen LogP contribution in [0.3, 0.4) is 0 Å². The van der Waals surface area contributed by atoms with Crippen LogP contribution in [-0.2, 0) is 9.59 Å². The first-order valence-corrected chi connectivity index (χ1v) is 7.38. The van der Waals surface area contributed by atoms with E-state index in [0.717, 1.165) is 6.42 Å². The molecule has 0 saturated carbocycles. The van der Waals surface area contributed by atoms with Crippen LogP contribution in [0.1, 0.15) is 53.9 Å². The monoisotopic (exact) mass is 284 g/mol. The van der Waals surface area contributed by atoms with Gasteiger partial charge in [-0.1, -0.05) is 27.7 Å². The molecular formula is C15H28N2O3. The molecule has 5 nitrogen and oxygen atoms in total. The summed E-state index contributed by atoms with van der Waals surface area (Å²) in [4.78, 5) is 26.5. The van der Waals surface area contributed by atoms with E-state index in [1.165, 1.54) is 0 Å². The lowest BCUT2D eigenvalue weighted by molar-refractivity contribution is -0.145. The van der Waals surface area contributed by atoms with Crippen LogP contribution in [0.15, 0.2) is 0 Å². The molecule has 0 bridgehead atoms. The molecule has 5 heteroatoms. The second-order valence-electron chi connectivity index (χ2n) is 6.97. The summed E-state index contributed by atoms with van der Waals surface area (Å²) in [5, 5.41) is 12.3. The van der Waals surface area contributed by atoms with Crippen LogP contribution >= 0.6 is 0 Å². The van der Waals surface area contributed by atoms with Crippen LogP contribution in [0.5, 0.6) is 0 Å². The van der Waals surface area contributed by atoms with Crippen molar-refractivity contribution in [1.29, 1.82) is 0 Å². The number of amides is 2. The third-order valence-electron chi connectivity index (χ3n) is 4.01. The molecule has 1 saturated heterocycles. The first-order valence-electron chi connectivity index (χ1n) is 7.38. The predicted molar refractivity (Wildman–Crippen MR) is 78.1 cm³/mol. The Hall–Kier alpha value is -1.10. The van der Waals surface area contributed by atoms with Crippen LogP contribution in [0, 0.1) is 5.41 Å². The molecular weight excluding hydrogens is 256 g/mol. The standard InChI is InChI=1S/C15H28N2O3/c1-6-15(5,10-18)16-12(19)11-8-7-9-17(11)13(20)14(2,3)4/h11,18H,6-10H2,1-5H3,(H,16,19). The van der Waals surface area contributed by atoms with Gasteiger partial charge in [-0.25, -0.2) is 0 Å². The first kappa shape index (κ1) is 17.0. The van der Waals surface area contributed by atoms with Crippen molar-refractivity contribution in [2.75, 3.05) is 13.2 Å². The van der Waals surface area contributed by atoms with E-state index in [1.54, 1.807) is 4.90 Å². The summed E-state index contributed by atoms with van der Waals surface area (Å²) >= 11 is 0. The van der Waals surface area contributed by atoms with E-state index in [2.05, 4.69) is 5.32 Å². The number of aliphatic hydroxyl groups is 1. The molecule has 2 atom stereocenters.